The van der Waals surface area contributed by atoms with Crippen molar-refractivity contribution in [1.82, 2.24) is 4.98 Å². The summed E-state index contributed by atoms with van der Waals surface area (Å²) < 4.78 is 24.5. The van der Waals surface area contributed by atoms with Crippen LogP contribution in [0, 0.1) is 10.1 Å². The molecule has 1 rings (SSSR count). The topological polar surface area (TPSA) is 125 Å². The molecule has 1 aromatic heterocycles. The fraction of sp³-hybridized carbons (Fsp3) is 0.143. The van der Waals surface area contributed by atoms with E-state index < -0.39 is 40.0 Å². The lowest BCUT2D eigenvalue weighted by molar-refractivity contribution is -0.385. The number of amides is 1. The Kier molecular flexibility index (Phi) is 2.97. The molecule has 0 aliphatic carbocycles. The number of anilines is 1. The molecule has 0 unspecified atom stereocenters. The third kappa shape index (κ3) is 2.02. The van der Waals surface area contributed by atoms with Gasteiger partial charge in [0.1, 0.15) is 11.5 Å². The molecular formula is C7H6F2N4O3. The zero-order valence-electron chi connectivity index (χ0n) is 7.68. The Morgan fingerprint density at radius 2 is 2.12 bits per heavy atom. The van der Waals surface area contributed by atoms with Crippen molar-refractivity contribution in [2.45, 2.75) is 6.43 Å². The molecule has 0 aliphatic heterocycles. The third-order valence-electron chi connectivity index (χ3n) is 1.71. The Hall–Kier alpha value is -2.32. The van der Waals surface area contributed by atoms with Crippen molar-refractivity contribution < 1.29 is 18.5 Å². The molecule has 0 radical (unpaired) electrons. The number of nitrogens with zero attached hydrogens (tertiary/aromatic N) is 2. The van der Waals surface area contributed by atoms with Crippen LogP contribution < -0.4 is 11.5 Å². The number of aromatic nitrogens is 1. The van der Waals surface area contributed by atoms with Crippen LogP contribution in [0.2, 0.25) is 0 Å². The number of hydrogen-bond donors (Lipinski definition) is 2. The van der Waals surface area contributed by atoms with Crippen LogP contribution in [0.4, 0.5) is 20.3 Å². The van der Waals surface area contributed by atoms with Crippen molar-refractivity contribution in [3.63, 3.8) is 0 Å². The summed E-state index contributed by atoms with van der Waals surface area (Å²) in [5.74, 6) is -1.88. The maximum atomic E-state index is 12.3. The normalized spacial score (nSPS) is 10.4. The summed E-state index contributed by atoms with van der Waals surface area (Å²) in [6.07, 6.45) is -3.03. The summed E-state index contributed by atoms with van der Waals surface area (Å²) in [5, 5.41) is 10.5. The van der Waals surface area contributed by atoms with E-state index in [-0.39, 0.29) is 0 Å². The van der Waals surface area contributed by atoms with Crippen molar-refractivity contribution in [2.24, 2.45) is 5.73 Å². The Morgan fingerprint density at radius 1 is 1.56 bits per heavy atom. The van der Waals surface area contributed by atoms with E-state index in [1.54, 1.807) is 0 Å². The van der Waals surface area contributed by atoms with Gasteiger partial charge in [0.25, 0.3) is 18.0 Å². The van der Waals surface area contributed by atoms with Gasteiger partial charge in [-0.3, -0.25) is 14.9 Å². The zero-order valence-corrected chi connectivity index (χ0v) is 7.68. The van der Waals surface area contributed by atoms with Gasteiger partial charge in [0.2, 0.25) is 0 Å². The summed E-state index contributed by atoms with van der Waals surface area (Å²) in [4.78, 5) is 23.5. The number of rotatable bonds is 3. The molecule has 0 fully saturated rings. The molecule has 1 aromatic rings. The molecule has 0 aliphatic rings. The fourth-order valence-corrected chi connectivity index (χ4v) is 1.08. The van der Waals surface area contributed by atoms with Crippen LogP contribution in [0.15, 0.2) is 6.07 Å². The predicted octanol–water partition coefficient (Wildman–Crippen LogP) is 0.609. The van der Waals surface area contributed by atoms with Crippen LogP contribution in [0.25, 0.3) is 0 Å². The average Bonchev–Trinajstić information content (AvgIpc) is 2.15. The zero-order chi connectivity index (χ0) is 12.5. The minimum absolute atomic E-state index is 0.473. The van der Waals surface area contributed by atoms with Gasteiger partial charge in [0.05, 0.1) is 4.92 Å². The lowest BCUT2D eigenvalue weighted by atomic mass is 10.2. The van der Waals surface area contributed by atoms with E-state index >= 15 is 0 Å². The molecule has 0 saturated carbocycles. The fourth-order valence-electron chi connectivity index (χ4n) is 1.08. The molecule has 0 spiro atoms. The Balaban J connectivity index is 3.52. The number of nitro groups is 1. The van der Waals surface area contributed by atoms with E-state index in [2.05, 4.69) is 4.98 Å². The number of primary amides is 1. The maximum absolute atomic E-state index is 12.3. The molecule has 7 nitrogen and oxygen atoms in total. The van der Waals surface area contributed by atoms with Crippen LogP contribution in [-0.2, 0) is 0 Å². The molecule has 1 heterocycles. The van der Waals surface area contributed by atoms with Gasteiger partial charge >= 0.3 is 0 Å². The second kappa shape index (κ2) is 4.04. The van der Waals surface area contributed by atoms with Crippen LogP contribution in [0.1, 0.15) is 22.5 Å². The molecule has 0 bridgehead atoms. The molecule has 1 amide bonds. The van der Waals surface area contributed by atoms with Gasteiger partial charge in [-0.25, -0.2) is 13.8 Å². The van der Waals surface area contributed by atoms with E-state index in [0.29, 0.717) is 6.07 Å². The van der Waals surface area contributed by atoms with E-state index in [1.165, 1.54) is 0 Å². The van der Waals surface area contributed by atoms with Gasteiger partial charge in [-0.15, -0.1) is 0 Å². The SMILES string of the molecule is NC(=O)c1c([N+](=O)[O-])cc(C(F)F)nc1N. The number of halogens is 2. The highest BCUT2D eigenvalue weighted by Gasteiger charge is 2.26. The standard InChI is InChI=1S/C7H6F2N4O3/c8-5(9)2-1-3(13(15)16)4(7(11)14)6(10)12-2/h1,5H,(H2,10,12)(H2,11,14). The van der Waals surface area contributed by atoms with Gasteiger partial charge in [-0.05, 0) is 0 Å². The second-order valence-electron chi connectivity index (χ2n) is 2.75. The minimum Gasteiger partial charge on any atom is -0.383 e. The number of carbonyl (C=O) groups is 1. The largest absolute Gasteiger partial charge is 0.383 e. The summed E-state index contributed by atoms with van der Waals surface area (Å²) in [6.45, 7) is 0. The maximum Gasteiger partial charge on any atom is 0.287 e. The first-order valence-corrected chi connectivity index (χ1v) is 3.87. The molecule has 0 aromatic carbocycles. The number of pyridine rings is 1. The Labute approximate surface area is 87.2 Å². The lowest BCUT2D eigenvalue weighted by Crippen LogP contribution is -2.17. The van der Waals surface area contributed by atoms with Crippen LogP contribution in [0.3, 0.4) is 0 Å². The molecule has 86 valence electrons. The first-order valence-electron chi connectivity index (χ1n) is 3.87. The minimum atomic E-state index is -3.03. The van der Waals surface area contributed by atoms with E-state index in [4.69, 9.17) is 11.5 Å². The Morgan fingerprint density at radius 3 is 2.50 bits per heavy atom. The highest BCUT2D eigenvalue weighted by molar-refractivity contribution is 6.01. The summed E-state index contributed by atoms with van der Waals surface area (Å²) in [7, 11) is 0. The average molecular weight is 232 g/mol. The van der Waals surface area contributed by atoms with Crippen molar-refractivity contribution in [3.8, 4) is 0 Å². The van der Waals surface area contributed by atoms with Gasteiger partial charge in [0.15, 0.2) is 5.56 Å². The first-order chi connectivity index (χ1) is 7.34. The summed E-state index contributed by atoms with van der Waals surface area (Å²) in [5.41, 5.74) is 7.55. The van der Waals surface area contributed by atoms with Crippen molar-refractivity contribution >= 4 is 17.4 Å². The smallest absolute Gasteiger partial charge is 0.287 e. The number of carbonyl (C=O) groups excluding carboxylic acids is 1. The van der Waals surface area contributed by atoms with Gasteiger partial charge in [-0.1, -0.05) is 0 Å². The highest BCUT2D eigenvalue weighted by atomic mass is 19.3. The number of nitrogen functional groups attached to an aromatic ring is 1. The lowest BCUT2D eigenvalue weighted by Gasteiger charge is -2.05. The van der Waals surface area contributed by atoms with Crippen molar-refractivity contribution in [2.75, 3.05) is 5.73 Å². The van der Waals surface area contributed by atoms with Crippen LogP contribution >= 0.6 is 0 Å². The van der Waals surface area contributed by atoms with E-state index in [9.17, 15) is 23.7 Å². The Bertz CT molecular complexity index is 463. The summed E-state index contributed by atoms with van der Waals surface area (Å²) in [6, 6.07) is 0.473. The van der Waals surface area contributed by atoms with Crippen molar-refractivity contribution in [3.05, 3.63) is 27.4 Å². The molecule has 9 heteroatoms. The molecule has 16 heavy (non-hydrogen) atoms. The molecular weight excluding hydrogens is 226 g/mol. The molecule has 0 saturated heterocycles. The van der Waals surface area contributed by atoms with Crippen LogP contribution in [-0.4, -0.2) is 15.8 Å². The van der Waals surface area contributed by atoms with E-state index in [0.717, 1.165) is 0 Å². The molecule has 4 N–H and O–H groups in total. The first kappa shape index (κ1) is 11.8. The quantitative estimate of drug-likeness (QED) is 0.583. The number of alkyl halides is 2. The van der Waals surface area contributed by atoms with E-state index in [1.807, 2.05) is 0 Å². The second-order valence-corrected chi connectivity index (χ2v) is 2.75. The van der Waals surface area contributed by atoms with Gasteiger partial charge in [0, 0.05) is 6.07 Å². The van der Waals surface area contributed by atoms with Crippen molar-refractivity contribution in [1.29, 1.82) is 0 Å². The summed E-state index contributed by atoms with van der Waals surface area (Å²) >= 11 is 0. The third-order valence-corrected chi connectivity index (χ3v) is 1.71. The molecule has 0 atom stereocenters. The predicted molar refractivity (Wildman–Crippen MR) is 48.8 cm³/mol. The highest BCUT2D eigenvalue weighted by Crippen LogP contribution is 2.28. The van der Waals surface area contributed by atoms with Crippen LogP contribution in [0.5, 0.6) is 0 Å². The monoisotopic (exact) mass is 232 g/mol. The number of hydrogen-bond acceptors (Lipinski definition) is 5. The van der Waals surface area contributed by atoms with Gasteiger partial charge in [-0.2, -0.15) is 0 Å². The number of nitrogens with two attached hydrogens (primary N) is 2. The van der Waals surface area contributed by atoms with Gasteiger partial charge < -0.3 is 11.5 Å².